The van der Waals surface area contributed by atoms with Crippen molar-refractivity contribution >= 4 is 34.5 Å². The van der Waals surface area contributed by atoms with Crippen molar-refractivity contribution in [1.82, 2.24) is 4.90 Å². The van der Waals surface area contributed by atoms with E-state index in [4.69, 9.17) is 29.6 Å². The Bertz CT molecular complexity index is 520. The fourth-order valence-corrected chi connectivity index (χ4v) is 3.74. The predicted molar refractivity (Wildman–Crippen MR) is 88.8 cm³/mol. The van der Waals surface area contributed by atoms with Crippen LogP contribution in [0.25, 0.3) is 0 Å². The van der Waals surface area contributed by atoms with E-state index in [9.17, 15) is 0 Å². The smallest absolute Gasteiger partial charge is 0.106 e. The third-order valence-electron chi connectivity index (χ3n) is 4.37. The standard InChI is InChI=1S/C15H20ClN3S/c16-11-4-5-14(13(9-11)15(17)20)19-8-2-7-18-6-1-3-12(18)10-19/h4-5,9,12H,1-3,6-8,10H2,(H2,17,20). The molecule has 3 rings (SSSR count). The van der Waals surface area contributed by atoms with E-state index < -0.39 is 0 Å². The Hall–Kier alpha value is -0.840. The number of fused-ring (bicyclic) bond motifs is 1. The summed E-state index contributed by atoms with van der Waals surface area (Å²) in [5, 5.41) is 0.689. The Labute approximate surface area is 130 Å². The van der Waals surface area contributed by atoms with Crippen molar-refractivity contribution < 1.29 is 0 Å². The second kappa shape index (κ2) is 5.88. The molecule has 0 bridgehead atoms. The normalized spacial score (nSPS) is 23.4. The van der Waals surface area contributed by atoms with Crippen LogP contribution in [0.1, 0.15) is 24.8 Å². The van der Waals surface area contributed by atoms with Crippen molar-refractivity contribution in [2.75, 3.05) is 31.1 Å². The van der Waals surface area contributed by atoms with Crippen LogP contribution >= 0.6 is 23.8 Å². The van der Waals surface area contributed by atoms with Gasteiger partial charge in [-0.3, -0.25) is 4.90 Å². The number of thiocarbonyl (C=S) groups is 1. The van der Waals surface area contributed by atoms with Gasteiger partial charge in [0.05, 0.1) is 0 Å². The Morgan fingerprint density at radius 2 is 2.05 bits per heavy atom. The summed E-state index contributed by atoms with van der Waals surface area (Å²) in [4.78, 5) is 5.48. The third kappa shape index (κ3) is 2.78. The first-order valence-electron chi connectivity index (χ1n) is 7.23. The second-order valence-corrected chi connectivity index (χ2v) is 6.53. The Balaban J connectivity index is 1.89. The molecule has 108 valence electrons. The first kappa shape index (κ1) is 14.1. The van der Waals surface area contributed by atoms with Crippen LogP contribution in [0.3, 0.4) is 0 Å². The zero-order valence-corrected chi connectivity index (χ0v) is 13.1. The summed E-state index contributed by atoms with van der Waals surface area (Å²) in [5.41, 5.74) is 7.91. The average molecular weight is 310 g/mol. The lowest BCUT2D eigenvalue weighted by Gasteiger charge is -2.29. The molecule has 0 radical (unpaired) electrons. The largest absolute Gasteiger partial charge is 0.389 e. The van der Waals surface area contributed by atoms with Gasteiger partial charge in [0.1, 0.15) is 4.99 Å². The molecule has 2 N–H and O–H groups in total. The van der Waals surface area contributed by atoms with Crippen LogP contribution in [0, 0.1) is 0 Å². The number of rotatable bonds is 2. The molecule has 0 aromatic heterocycles. The van der Waals surface area contributed by atoms with E-state index in [2.05, 4.69) is 15.9 Å². The van der Waals surface area contributed by atoms with Crippen LogP contribution in [0.4, 0.5) is 5.69 Å². The minimum absolute atomic E-state index is 0.426. The maximum atomic E-state index is 6.08. The van der Waals surface area contributed by atoms with E-state index in [1.54, 1.807) is 0 Å². The number of hydrogen-bond donors (Lipinski definition) is 1. The molecule has 0 spiro atoms. The molecular weight excluding hydrogens is 290 g/mol. The molecule has 2 heterocycles. The SMILES string of the molecule is NC(=S)c1cc(Cl)ccc1N1CCCN2CCCC2C1. The van der Waals surface area contributed by atoms with E-state index in [0.29, 0.717) is 16.1 Å². The molecule has 1 atom stereocenters. The van der Waals surface area contributed by atoms with Crippen molar-refractivity contribution in [1.29, 1.82) is 0 Å². The number of benzene rings is 1. The lowest BCUT2D eigenvalue weighted by Crippen LogP contribution is -2.37. The number of halogens is 1. The Kier molecular flexibility index (Phi) is 4.15. The number of nitrogens with zero attached hydrogens (tertiary/aromatic N) is 2. The lowest BCUT2D eigenvalue weighted by atomic mass is 10.1. The van der Waals surface area contributed by atoms with Gasteiger partial charge in [0.25, 0.3) is 0 Å². The summed E-state index contributed by atoms with van der Waals surface area (Å²) in [5.74, 6) is 0. The average Bonchev–Trinajstić information content (AvgIpc) is 2.76. The van der Waals surface area contributed by atoms with Gasteiger partial charge in [0.2, 0.25) is 0 Å². The topological polar surface area (TPSA) is 32.5 Å². The van der Waals surface area contributed by atoms with Crippen molar-refractivity contribution in [2.24, 2.45) is 5.73 Å². The van der Waals surface area contributed by atoms with Gasteiger partial charge < -0.3 is 10.6 Å². The summed E-state index contributed by atoms with van der Waals surface area (Å²) in [6.45, 7) is 4.58. The summed E-state index contributed by atoms with van der Waals surface area (Å²) in [6.07, 6.45) is 3.81. The first-order chi connectivity index (χ1) is 9.65. The van der Waals surface area contributed by atoms with Crippen LogP contribution in [0.5, 0.6) is 0 Å². The molecule has 1 aromatic rings. The first-order valence-corrected chi connectivity index (χ1v) is 8.02. The molecule has 1 aromatic carbocycles. The van der Waals surface area contributed by atoms with Crippen molar-refractivity contribution in [3.63, 3.8) is 0 Å². The van der Waals surface area contributed by atoms with E-state index in [-0.39, 0.29) is 0 Å². The minimum atomic E-state index is 0.426. The molecule has 3 nitrogen and oxygen atoms in total. The fraction of sp³-hybridized carbons (Fsp3) is 0.533. The highest BCUT2D eigenvalue weighted by Gasteiger charge is 2.29. The molecule has 2 saturated heterocycles. The summed E-state index contributed by atoms with van der Waals surface area (Å²) >= 11 is 11.3. The van der Waals surface area contributed by atoms with Crippen molar-refractivity contribution in [2.45, 2.75) is 25.3 Å². The van der Waals surface area contributed by atoms with Gasteiger partial charge in [0, 0.05) is 41.9 Å². The molecule has 2 aliphatic heterocycles. The van der Waals surface area contributed by atoms with Crippen LogP contribution < -0.4 is 10.6 Å². The van der Waals surface area contributed by atoms with Crippen molar-refractivity contribution in [3.8, 4) is 0 Å². The van der Waals surface area contributed by atoms with Gasteiger partial charge in [-0.15, -0.1) is 0 Å². The zero-order chi connectivity index (χ0) is 14.1. The second-order valence-electron chi connectivity index (χ2n) is 5.66. The van der Waals surface area contributed by atoms with Crippen molar-refractivity contribution in [3.05, 3.63) is 28.8 Å². The zero-order valence-electron chi connectivity index (χ0n) is 11.5. The summed E-state index contributed by atoms with van der Waals surface area (Å²) < 4.78 is 0. The maximum absolute atomic E-state index is 6.08. The minimum Gasteiger partial charge on any atom is -0.389 e. The molecule has 2 fully saturated rings. The number of anilines is 1. The van der Waals surface area contributed by atoms with Gasteiger partial charge in [-0.05, 0) is 44.0 Å². The van der Waals surface area contributed by atoms with Gasteiger partial charge in [0.15, 0.2) is 0 Å². The number of nitrogens with two attached hydrogens (primary N) is 1. The molecule has 20 heavy (non-hydrogen) atoms. The maximum Gasteiger partial charge on any atom is 0.106 e. The van der Waals surface area contributed by atoms with E-state index in [1.165, 1.54) is 32.4 Å². The molecule has 0 aliphatic carbocycles. The van der Waals surface area contributed by atoms with Crippen LogP contribution in [0.15, 0.2) is 18.2 Å². The van der Waals surface area contributed by atoms with Gasteiger partial charge in [-0.2, -0.15) is 0 Å². The molecule has 5 heteroatoms. The number of hydrogen-bond acceptors (Lipinski definition) is 3. The van der Waals surface area contributed by atoms with Gasteiger partial charge in [-0.25, -0.2) is 0 Å². The summed E-state index contributed by atoms with van der Waals surface area (Å²) in [7, 11) is 0. The monoisotopic (exact) mass is 309 g/mol. The highest BCUT2D eigenvalue weighted by atomic mass is 35.5. The molecule has 0 saturated carbocycles. The Morgan fingerprint density at radius 3 is 2.85 bits per heavy atom. The van der Waals surface area contributed by atoms with Gasteiger partial charge in [-0.1, -0.05) is 23.8 Å². The van der Waals surface area contributed by atoms with E-state index in [0.717, 1.165) is 24.3 Å². The predicted octanol–water partition coefficient (Wildman–Crippen LogP) is 2.65. The highest BCUT2D eigenvalue weighted by molar-refractivity contribution is 7.80. The Morgan fingerprint density at radius 1 is 1.25 bits per heavy atom. The molecule has 0 amide bonds. The highest BCUT2D eigenvalue weighted by Crippen LogP contribution is 2.29. The van der Waals surface area contributed by atoms with E-state index in [1.807, 2.05) is 12.1 Å². The van der Waals surface area contributed by atoms with Crippen LogP contribution in [0.2, 0.25) is 5.02 Å². The van der Waals surface area contributed by atoms with Crippen LogP contribution in [-0.2, 0) is 0 Å². The lowest BCUT2D eigenvalue weighted by molar-refractivity contribution is 0.273. The van der Waals surface area contributed by atoms with Gasteiger partial charge >= 0.3 is 0 Å². The fourth-order valence-electron chi connectivity index (χ4n) is 3.41. The summed E-state index contributed by atoms with van der Waals surface area (Å²) in [6, 6.07) is 6.54. The molecular formula is C15H20ClN3S. The van der Waals surface area contributed by atoms with E-state index >= 15 is 0 Å². The molecule has 2 aliphatic rings. The third-order valence-corrected chi connectivity index (χ3v) is 4.82. The van der Waals surface area contributed by atoms with Crippen LogP contribution in [-0.4, -0.2) is 42.1 Å². The molecule has 1 unspecified atom stereocenters. The quantitative estimate of drug-likeness (QED) is 0.851.